The SMILES string of the molecule is CC(C)Cc1ccc(CC(=O)NCC(N)c2ccccc2)cc1. The molecule has 0 spiro atoms. The summed E-state index contributed by atoms with van der Waals surface area (Å²) >= 11 is 0. The third-order valence-corrected chi connectivity index (χ3v) is 3.78. The predicted octanol–water partition coefficient (Wildman–Crippen LogP) is 3.24. The Hall–Kier alpha value is -2.13. The molecule has 1 amide bonds. The molecule has 0 saturated carbocycles. The Morgan fingerprint density at radius 2 is 1.61 bits per heavy atom. The highest BCUT2D eigenvalue weighted by Crippen LogP contribution is 2.11. The van der Waals surface area contributed by atoms with Gasteiger partial charge in [-0.3, -0.25) is 4.79 Å². The highest BCUT2D eigenvalue weighted by atomic mass is 16.1. The molecule has 0 saturated heterocycles. The average Bonchev–Trinajstić information content (AvgIpc) is 2.55. The molecule has 0 heterocycles. The fraction of sp³-hybridized carbons (Fsp3) is 0.350. The summed E-state index contributed by atoms with van der Waals surface area (Å²) in [5.74, 6) is 0.650. The van der Waals surface area contributed by atoms with E-state index in [2.05, 4.69) is 31.3 Å². The van der Waals surface area contributed by atoms with Gasteiger partial charge in [0.05, 0.1) is 6.42 Å². The largest absolute Gasteiger partial charge is 0.354 e. The van der Waals surface area contributed by atoms with Gasteiger partial charge in [-0.1, -0.05) is 68.4 Å². The Bertz CT molecular complexity index is 605. The molecule has 1 atom stereocenters. The van der Waals surface area contributed by atoms with Crippen LogP contribution in [0, 0.1) is 5.92 Å². The summed E-state index contributed by atoms with van der Waals surface area (Å²) in [5.41, 5.74) is 9.47. The van der Waals surface area contributed by atoms with Crippen LogP contribution < -0.4 is 11.1 Å². The van der Waals surface area contributed by atoms with Crippen LogP contribution in [-0.2, 0) is 17.6 Å². The van der Waals surface area contributed by atoms with E-state index >= 15 is 0 Å². The van der Waals surface area contributed by atoms with Crippen LogP contribution in [0.5, 0.6) is 0 Å². The van der Waals surface area contributed by atoms with Crippen LogP contribution in [0.15, 0.2) is 54.6 Å². The van der Waals surface area contributed by atoms with Crippen molar-refractivity contribution in [3.8, 4) is 0 Å². The molecular formula is C20H26N2O. The van der Waals surface area contributed by atoms with Gasteiger partial charge in [0, 0.05) is 12.6 Å². The molecule has 23 heavy (non-hydrogen) atoms. The number of hydrogen-bond donors (Lipinski definition) is 2. The van der Waals surface area contributed by atoms with E-state index in [1.54, 1.807) is 0 Å². The van der Waals surface area contributed by atoms with Crippen molar-refractivity contribution in [2.75, 3.05) is 6.54 Å². The maximum absolute atomic E-state index is 12.0. The number of nitrogens with two attached hydrogens (primary N) is 1. The van der Waals surface area contributed by atoms with E-state index in [1.807, 2.05) is 42.5 Å². The molecule has 3 heteroatoms. The molecular weight excluding hydrogens is 284 g/mol. The molecule has 2 aromatic carbocycles. The highest BCUT2D eigenvalue weighted by molar-refractivity contribution is 5.78. The summed E-state index contributed by atoms with van der Waals surface area (Å²) in [7, 11) is 0. The van der Waals surface area contributed by atoms with Gasteiger partial charge >= 0.3 is 0 Å². The lowest BCUT2D eigenvalue weighted by molar-refractivity contribution is -0.120. The molecule has 0 aromatic heterocycles. The first-order valence-corrected chi connectivity index (χ1v) is 8.19. The van der Waals surface area contributed by atoms with Gasteiger partial charge in [-0.05, 0) is 29.0 Å². The molecule has 0 aliphatic rings. The highest BCUT2D eigenvalue weighted by Gasteiger charge is 2.08. The predicted molar refractivity (Wildman–Crippen MR) is 95.1 cm³/mol. The van der Waals surface area contributed by atoms with Gasteiger partial charge in [0.15, 0.2) is 0 Å². The zero-order chi connectivity index (χ0) is 16.7. The molecule has 0 radical (unpaired) electrons. The van der Waals surface area contributed by atoms with Crippen molar-refractivity contribution in [3.05, 3.63) is 71.3 Å². The van der Waals surface area contributed by atoms with Crippen LogP contribution in [0.3, 0.4) is 0 Å². The van der Waals surface area contributed by atoms with E-state index in [9.17, 15) is 4.79 Å². The van der Waals surface area contributed by atoms with Crippen LogP contribution in [0.1, 0.15) is 36.6 Å². The van der Waals surface area contributed by atoms with Crippen molar-refractivity contribution in [1.29, 1.82) is 0 Å². The minimum absolute atomic E-state index is 0.00740. The average molecular weight is 310 g/mol. The minimum atomic E-state index is -0.173. The molecule has 0 aliphatic heterocycles. The van der Waals surface area contributed by atoms with Crippen molar-refractivity contribution < 1.29 is 4.79 Å². The monoisotopic (exact) mass is 310 g/mol. The fourth-order valence-electron chi connectivity index (χ4n) is 2.55. The third kappa shape index (κ3) is 5.87. The third-order valence-electron chi connectivity index (χ3n) is 3.78. The lowest BCUT2D eigenvalue weighted by Crippen LogP contribution is -2.32. The number of nitrogens with one attached hydrogen (secondary N) is 1. The number of hydrogen-bond acceptors (Lipinski definition) is 2. The molecule has 0 aliphatic carbocycles. The second kappa shape index (κ2) is 8.49. The van der Waals surface area contributed by atoms with Gasteiger partial charge in [-0.2, -0.15) is 0 Å². The smallest absolute Gasteiger partial charge is 0.224 e. The number of rotatable bonds is 7. The minimum Gasteiger partial charge on any atom is -0.354 e. The number of carbonyl (C=O) groups is 1. The summed E-state index contributed by atoms with van der Waals surface area (Å²) in [6.07, 6.45) is 1.46. The Morgan fingerprint density at radius 3 is 2.22 bits per heavy atom. The Morgan fingerprint density at radius 1 is 1.00 bits per heavy atom. The van der Waals surface area contributed by atoms with Gasteiger partial charge in [-0.25, -0.2) is 0 Å². The van der Waals surface area contributed by atoms with E-state index in [1.165, 1.54) is 5.56 Å². The van der Waals surface area contributed by atoms with Crippen LogP contribution in [-0.4, -0.2) is 12.5 Å². The Kier molecular flexibility index (Phi) is 6.36. The van der Waals surface area contributed by atoms with Gasteiger partial charge in [0.25, 0.3) is 0 Å². The summed E-state index contributed by atoms with van der Waals surface area (Å²) in [5, 5.41) is 2.91. The van der Waals surface area contributed by atoms with Crippen molar-refractivity contribution in [2.45, 2.75) is 32.7 Å². The van der Waals surface area contributed by atoms with Gasteiger partial charge in [0.1, 0.15) is 0 Å². The standard InChI is InChI=1S/C20H26N2O/c1-15(2)12-16-8-10-17(11-9-16)13-20(23)22-14-19(21)18-6-4-3-5-7-18/h3-11,15,19H,12-14,21H2,1-2H3,(H,22,23). The Labute approximate surface area is 138 Å². The van der Waals surface area contributed by atoms with Gasteiger partial charge in [-0.15, -0.1) is 0 Å². The van der Waals surface area contributed by atoms with Gasteiger partial charge in [0.2, 0.25) is 5.91 Å². The van der Waals surface area contributed by atoms with Crippen LogP contribution in [0.25, 0.3) is 0 Å². The molecule has 0 bridgehead atoms. The van der Waals surface area contributed by atoms with E-state index in [4.69, 9.17) is 5.73 Å². The lowest BCUT2D eigenvalue weighted by Gasteiger charge is -2.13. The van der Waals surface area contributed by atoms with Crippen LogP contribution in [0.4, 0.5) is 0 Å². The van der Waals surface area contributed by atoms with Crippen molar-refractivity contribution in [2.24, 2.45) is 11.7 Å². The molecule has 3 N–H and O–H groups in total. The topological polar surface area (TPSA) is 55.1 Å². The molecule has 2 rings (SSSR count). The second-order valence-corrected chi connectivity index (χ2v) is 6.41. The van der Waals surface area contributed by atoms with Crippen molar-refractivity contribution in [1.82, 2.24) is 5.32 Å². The summed E-state index contributed by atoms with van der Waals surface area (Å²) in [4.78, 5) is 12.0. The quantitative estimate of drug-likeness (QED) is 0.825. The van der Waals surface area contributed by atoms with E-state index in [-0.39, 0.29) is 11.9 Å². The zero-order valence-corrected chi connectivity index (χ0v) is 14.0. The Balaban J connectivity index is 1.80. The normalized spacial score (nSPS) is 12.2. The number of benzene rings is 2. The van der Waals surface area contributed by atoms with E-state index < -0.39 is 0 Å². The molecule has 3 nitrogen and oxygen atoms in total. The first-order chi connectivity index (χ1) is 11.0. The summed E-state index contributed by atoms with van der Waals surface area (Å²) < 4.78 is 0. The van der Waals surface area contributed by atoms with Crippen LogP contribution in [0.2, 0.25) is 0 Å². The maximum atomic E-state index is 12.0. The van der Waals surface area contributed by atoms with Crippen molar-refractivity contribution in [3.63, 3.8) is 0 Å². The fourth-order valence-corrected chi connectivity index (χ4v) is 2.55. The second-order valence-electron chi connectivity index (χ2n) is 6.41. The number of amides is 1. The van der Waals surface area contributed by atoms with Crippen molar-refractivity contribution >= 4 is 5.91 Å². The summed E-state index contributed by atoms with van der Waals surface area (Å²) in [6, 6.07) is 17.9. The van der Waals surface area contributed by atoms with E-state index in [0.717, 1.165) is 17.5 Å². The first-order valence-electron chi connectivity index (χ1n) is 8.19. The van der Waals surface area contributed by atoms with Gasteiger partial charge < -0.3 is 11.1 Å². The molecule has 1 unspecified atom stereocenters. The lowest BCUT2D eigenvalue weighted by atomic mass is 10.0. The van der Waals surface area contributed by atoms with Crippen LogP contribution >= 0.6 is 0 Å². The molecule has 122 valence electrons. The first kappa shape index (κ1) is 17.2. The molecule has 2 aromatic rings. The number of carbonyl (C=O) groups excluding carboxylic acids is 1. The summed E-state index contributed by atoms with van der Waals surface area (Å²) in [6.45, 7) is 4.86. The van der Waals surface area contributed by atoms with E-state index in [0.29, 0.717) is 18.9 Å². The zero-order valence-electron chi connectivity index (χ0n) is 14.0. The maximum Gasteiger partial charge on any atom is 0.224 e. The molecule has 0 fully saturated rings.